The summed E-state index contributed by atoms with van der Waals surface area (Å²) in [5.74, 6) is -0.753. The van der Waals surface area contributed by atoms with Crippen molar-refractivity contribution in [1.29, 1.82) is 10.5 Å². The zero-order valence-electron chi connectivity index (χ0n) is 35.2. The molecule has 6 rings (SSSR count). The van der Waals surface area contributed by atoms with Gasteiger partial charge in [-0.25, -0.2) is 19.2 Å². The summed E-state index contributed by atoms with van der Waals surface area (Å²) in [6, 6.07) is 45.3. The number of aromatic hydroxyl groups is 1. The highest BCUT2D eigenvalue weighted by Crippen LogP contribution is 2.24. The Kier molecular flexibility index (Phi) is 22.9. The highest BCUT2D eigenvalue weighted by molar-refractivity contribution is 6.40. The van der Waals surface area contributed by atoms with Crippen LogP contribution in [0.5, 0.6) is 23.0 Å². The van der Waals surface area contributed by atoms with E-state index in [2.05, 4.69) is 25.3 Å². The molecule has 66 heavy (non-hydrogen) atoms. The molecule has 0 aliphatic rings. The van der Waals surface area contributed by atoms with Gasteiger partial charge in [0.1, 0.15) is 49.4 Å². The summed E-state index contributed by atoms with van der Waals surface area (Å²) < 4.78 is 25.6. The summed E-state index contributed by atoms with van der Waals surface area (Å²) in [6.45, 7) is 7.17. The van der Waals surface area contributed by atoms with E-state index in [9.17, 15) is 19.2 Å². The van der Waals surface area contributed by atoms with Crippen molar-refractivity contribution in [3.05, 3.63) is 193 Å². The Morgan fingerprint density at radius 2 is 0.848 bits per heavy atom. The van der Waals surface area contributed by atoms with Crippen molar-refractivity contribution < 1.29 is 53.1 Å². The van der Waals surface area contributed by atoms with Crippen molar-refractivity contribution in [2.45, 2.75) is 0 Å². The molecule has 15 heteroatoms. The molecule has 0 saturated heterocycles. The Balaban J connectivity index is 0.000000278. The van der Waals surface area contributed by atoms with E-state index in [-0.39, 0.29) is 43.1 Å². The van der Waals surface area contributed by atoms with Gasteiger partial charge in [0.2, 0.25) is 0 Å². The molecule has 0 atom stereocenters. The monoisotopic (exact) mass is 928 g/mol. The number of carboxylic acid groups (broad SMARTS) is 1. The maximum absolute atomic E-state index is 12.4. The zero-order valence-corrected chi connectivity index (χ0v) is 36.7. The molecule has 0 aliphatic heterocycles. The SMILES string of the molecule is C=CC(=O)OCCOc1ccc(C(=O)O)cc1.C=CC(=O)OCCOc1ccc(C(=O)Oc2ccc(-c3ccc(C#N)cc3)cc2)cc1.ClCCl.N#Cc1ccc(-c2ccc(O)cc2)cc1. The minimum Gasteiger partial charge on any atom is -0.508 e. The van der Waals surface area contributed by atoms with Crippen LogP contribution >= 0.6 is 23.2 Å². The molecule has 0 saturated carbocycles. The lowest BCUT2D eigenvalue weighted by Crippen LogP contribution is -2.11. The van der Waals surface area contributed by atoms with Crippen molar-refractivity contribution in [1.82, 2.24) is 0 Å². The number of alkyl halides is 2. The third kappa shape index (κ3) is 18.9. The van der Waals surface area contributed by atoms with Gasteiger partial charge in [-0.05, 0) is 119 Å². The van der Waals surface area contributed by atoms with E-state index < -0.39 is 23.9 Å². The Bertz CT molecular complexity index is 2570. The van der Waals surface area contributed by atoms with Crippen LogP contribution in [-0.2, 0) is 19.1 Å². The van der Waals surface area contributed by atoms with E-state index in [0.29, 0.717) is 33.9 Å². The fourth-order valence-corrected chi connectivity index (χ4v) is 5.11. The van der Waals surface area contributed by atoms with Crippen molar-refractivity contribution in [3.63, 3.8) is 0 Å². The number of rotatable bonds is 15. The number of halogens is 2. The summed E-state index contributed by atoms with van der Waals surface area (Å²) in [6.07, 6.45) is 2.16. The van der Waals surface area contributed by atoms with Gasteiger partial charge in [0.05, 0.1) is 39.7 Å². The number of phenolic OH excluding ortho intramolecular Hbond substituents is 1. The lowest BCUT2D eigenvalue weighted by Gasteiger charge is -2.08. The second-order valence-electron chi connectivity index (χ2n) is 12.7. The average molecular weight is 930 g/mol. The lowest BCUT2D eigenvalue weighted by molar-refractivity contribution is -0.139. The Labute approximate surface area is 391 Å². The molecule has 0 unspecified atom stereocenters. The van der Waals surface area contributed by atoms with E-state index in [1.54, 1.807) is 84.9 Å². The molecule has 0 aliphatic carbocycles. The van der Waals surface area contributed by atoms with Crippen LogP contribution in [0.3, 0.4) is 0 Å². The molecule has 336 valence electrons. The predicted molar refractivity (Wildman–Crippen MR) is 250 cm³/mol. The van der Waals surface area contributed by atoms with Crippen LogP contribution in [0.15, 0.2) is 171 Å². The van der Waals surface area contributed by atoms with Gasteiger partial charge in [-0.2, -0.15) is 10.5 Å². The maximum Gasteiger partial charge on any atom is 0.343 e. The van der Waals surface area contributed by atoms with E-state index in [1.165, 1.54) is 12.1 Å². The van der Waals surface area contributed by atoms with Gasteiger partial charge in [0.15, 0.2) is 0 Å². The molecule has 0 radical (unpaired) electrons. The lowest BCUT2D eigenvalue weighted by atomic mass is 10.0. The van der Waals surface area contributed by atoms with Crippen LogP contribution in [-0.4, -0.2) is 65.9 Å². The van der Waals surface area contributed by atoms with Crippen LogP contribution in [0, 0.1) is 22.7 Å². The zero-order chi connectivity index (χ0) is 48.1. The Morgan fingerprint density at radius 1 is 0.515 bits per heavy atom. The van der Waals surface area contributed by atoms with Crippen LogP contribution in [0.4, 0.5) is 0 Å². The quantitative estimate of drug-likeness (QED) is 0.0324. The summed E-state index contributed by atoms with van der Waals surface area (Å²) in [5, 5.41) is 35.5. The van der Waals surface area contributed by atoms with Crippen molar-refractivity contribution in [2.75, 3.05) is 31.8 Å². The van der Waals surface area contributed by atoms with E-state index in [4.69, 9.17) is 67.6 Å². The van der Waals surface area contributed by atoms with Gasteiger partial charge < -0.3 is 33.9 Å². The number of ether oxygens (including phenoxy) is 5. The molecule has 13 nitrogen and oxygen atoms in total. The number of phenols is 1. The van der Waals surface area contributed by atoms with Crippen molar-refractivity contribution in [2.24, 2.45) is 0 Å². The first-order chi connectivity index (χ1) is 31.9. The number of hydrogen-bond acceptors (Lipinski definition) is 12. The van der Waals surface area contributed by atoms with Gasteiger partial charge in [-0.15, -0.1) is 23.2 Å². The first-order valence-corrected chi connectivity index (χ1v) is 20.5. The predicted octanol–water partition coefficient (Wildman–Crippen LogP) is 10.4. The third-order valence-electron chi connectivity index (χ3n) is 8.34. The Morgan fingerprint density at radius 3 is 1.20 bits per heavy atom. The van der Waals surface area contributed by atoms with Crippen LogP contribution < -0.4 is 14.2 Å². The molecule has 0 aromatic heterocycles. The number of carbonyl (C=O) groups is 4. The number of carbonyl (C=O) groups excluding carboxylic acids is 3. The second kappa shape index (κ2) is 29.1. The highest BCUT2D eigenvalue weighted by Gasteiger charge is 2.10. The number of benzene rings is 6. The smallest absolute Gasteiger partial charge is 0.343 e. The van der Waals surface area contributed by atoms with E-state index in [1.807, 2.05) is 48.5 Å². The van der Waals surface area contributed by atoms with Gasteiger partial charge in [0.25, 0.3) is 0 Å². The van der Waals surface area contributed by atoms with Gasteiger partial charge >= 0.3 is 23.9 Å². The first kappa shape index (κ1) is 52.0. The molecule has 0 fully saturated rings. The number of hydrogen-bond donors (Lipinski definition) is 2. The van der Waals surface area contributed by atoms with E-state index >= 15 is 0 Å². The van der Waals surface area contributed by atoms with Gasteiger partial charge in [0, 0.05) is 12.2 Å². The fourth-order valence-electron chi connectivity index (χ4n) is 5.11. The molecular formula is C51H42Cl2N2O11. The number of aromatic carboxylic acids is 1. The topological polar surface area (TPSA) is 202 Å². The molecule has 0 amide bonds. The summed E-state index contributed by atoms with van der Waals surface area (Å²) in [5.41, 5.74) is 5.79. The standard InChI is InChI=1S/C25H19NO5.C13H9NO.C12H12O5.CH2Cl2/c1-2-24(27)30-16-15-29-22-11-9-21(10-12-22)25(28)31-23-13-7-20(8-14-23)19-5-3-18(17-26)4-6-19;14-9-10-1-3-11(4-2-10)12-5-7-13(15)8-6-12;1-2-11(13)17-8-7-16-10-5-3-9(4-6-10)12(14)15;2-1-3/h2-14H,1,15-16H2;1-8,15H;2-6H,1,7-8H2,(H,14,15);1H2. The normalized spacial score (nSPS) is 9.52. The first-order valence-electron chi connectivity index (χ1n) is 19.4. The molecule has 0 bridgehead atoms. The van der Waals surface area contributed by atoms with Crippen LogP contribution in [0.1, 0.15) is 31.8 Å². The molecule has 0 spiro atoms. The van der Waals surface area contributed by atoms with Gasteiger partial charge in [-0.3, -0.25) is 0 Å². The number of nitriles is 2. The molecule has 0 heterocycles. The molecule has 6 aromatic rings. The maximum atomic E-state index is 12.4. The minimum absolute atomic E-state index is 0.104. The number of carboxylic acids is 1. The minimum atomic E-state index is -0.989. The van der Waals surface area contributed by atoms with Crippen LogP contribution in [0.2, 0.25) is 0 Å². The average Bonchev–Trinajstić information content (AvgIpc) is 3.35. The largest absolute Gasteiger partial charge is 0.508 e. The second-order valence-corrected chi connectivity index (χ2v) is 13.5. The van der Waals surface area contributed by atoms with E-state index in [0.717, 1.165) is 34.4 Å². The van der Waals surface area contributed by atoms with Crippen LogP contribution in [0.25, 0.3) is 22.3 Å². The van der Waals surface area contributed by atoms with Gasteiger partial charge in [-0.1, -0.05) is 61.7 Å². The van der Waals surface area contributed by atoms with Crippen molar-refractivity contribution in [3.8, 4) is 57.4 Å². The number of esters is 3. The summed E-state index contributed by atoms with van der Waals surface area (Å²) in [4.78, 5) is 44.6. The highest BCUT2D eigenvalue weighted by atomic mass is 35.5. The molecule has 2 N–H and O–H groups in total. The summed E-state index contributed by atoms with van der Waals surface area (Å²) >= 11 is 9.53. The summed E-state index contributed by atoms with van der Waals surface area (Å²) in [7, 11) is 0. The molecule has 6 aromatic carbocycles. The third-order valence-corrected chi connectivity index (χ3v) is 8.34. The van der Waals surface area contributed by atoms with Crippen molar-refractivity contribution >= 4 is 47.1 Å². The molecular weight excluding hydrogens is 887 g/mol. The Hall–Kier alpha value is -8.36. The number of nitrogens with zero attached hydrogens (tertiary/aromatic N) is 2. The fraction of sp³-hybridized carbons (Fsp3) is 0.0980.